The zero-order chi connectivity index (χ0) is 22.5. The first-order valence-electron chi connectivity index (χ1n) is 9.39. The third kappa shape index (κ3) is 4.93. The lowest BCUT2D eigenvalue weighted by Gasteiger charge is -2.20. The van der Waals surface area contributed by atoms with Gasteiger partial charge in [0.05, 0.1) is 11.3 Å². The zero-order valence-electron chi connectivity index (χ0n) is 16.4. The van der Waals surface area contributed by atoms with E-state index < -0.39 is 47.3 Å². The molecule has 0 unspecified atom stereocenters. The van der Waals surface area contributed by atoms with Crippen LogP contribution in [0.3, 0.4) is 0 Å². The van der Waals surface area contributed by atoms with Crippen LogP contribution in [0.4, 0.5) is 23.2 Å². The Morgan fingerprint density at radius 1 is 0.935 bits per heavy atom. The van der Waals surface area contributed by atoms with Crippen molar-refractivity contribution in [2.45, 2.75) is 13.3 Å². The van der Waals surface area contributed by atoms with Gasteiger partial charge in [-0.15, -0.1) is 0 Å². The maximum Gasteiger partial charge on any atom is 0.290 e. The number of amides is 2. The van der Waals surface area contributed by atoms with Crippen LogP contribution in [0.25, 0.3) is 11.3 Å². The van der Waals surface area contributed by atoms with Crippen molar-refractivity contribution in [2.24, 2.45) is 0 Å². The van der Waals surface area contributed by atoms with E-state index in [1.165, 1.54) is 30.3 Å². The Hall–Kier alpha value is -3.62. The Bertz CT molecular complexity index is 1110. The second-order valence-corrected chi connectivity index (χ2v) is 6.64. The van der Waals surface area contributed by atoms with Gasteiger partial charge in [-0.05, 0) is 42.8 Å². The number of hydrogen-bond acceptors (Lipinski definition) is 3. The third-order valence-corrected chi connectivity index (χ3v) is 4.38. The van der Waals surface area contributed by atoms with Crippen molar-refractivity contribution in [3.63, 3.8) is 0 Å². The van der Waals surface area contributed by atoms with Gasteiger partial charge < -0.3 is 14.6 Å². The predicted molar refractivity (Wildman–Crippen MR) is 105 cm³/mol. The molecule has 0 saturated carbocycles. The van der Waals surface area contributed by atoms with Crippen LogP contribution in [0.1, 0.15) is 23.9 Å². The summed E-state index contributed by atoms with van der Waals surface area (Å²) in [5, 5.41) is 2.12. The molecule has 2 amide bonds. The van der Waals surface area contributed by atoms with Crippen LogP contribution < -0.4 is 5.32 Å². The van der Waals surface area contributed by atoms with Crippen LogP contribution in [0, 0.1) is 23.3 Å². The fraction of sp³-hybridized carbons (Fsp3) is 0.182. The third-order valence-electron chi connectivity index (χ3n) is 4.38. The van der Waals surface area contributed by atoms with Crippen LogP contribution >= 0.6 is 0 Å². The molecule has 9 heteroatoms. The number of hydrogen-bond donors (Lipinski definition) is 1. The quantitative estimate of drug-likeness (QED) is 0.421. The molecule has 0 bridgehead atoms. The second kappa shape index (κ2) is 9.46. The Kier molecular flexibility index (Phi) is 6.74. The summed E-state index contributed by atoms with van der Waals surface area (Å²) < 4.78 is 59.6. The van der Waals surface area contributed by atoms with E-state index in [2.05, 4.69) is 5.32 Å². The van der Waals surface area contributed by atoms with Crippen LogP contribution in [0.2, 0.25) is 0 Å². The molecule has 0 aliphatic carbocycles. The van der Waals surface area contributed by atoms with E-state index >= 15 is 0 Å². The Balaban J connectivity index is 1.75. The first-order chi connectivity index (χ1) is 14.8. The summed E-state index contributed by atoms with van der Waals surface area (Å²) in [5.74, 6) is -6.57. The molecule has 3 aromatic rings. The number of carbonyl (C=O) groups is 2. The molecule has 0 aliphatic heterocycles. The highest BCUT2D eigenvalue weighted by Gasteiger charge is 2.23. The summed E-state index contributed by atoms with van der Waals surface area (Å²) in [5.41, 5.74) is -0.372. The van der Waals surface area contributed by atoms with Crippen molar-refractivity contribution in [2.75, 3.05) is 18.4 Å². The number of rotatable bonds is 7. The molecule has 0 spiro atoms. The smallest absolute Gasteiger partial charge is 0.290 e. The molecule has 0 aliphatic rings. The van der Waals surface area contributed by atoms with E-state index in [-0.39, 0.29) is 23.6 Å². The van der Waals surface area contributed by atoms with Crippen molar-refractivity contribution in [1.29, 1.82) is 0 Å². The second-order valence-electron chi connectivity index (χ2n) is 6.64. The highest BCUT2D eigenvalue weighted by molar-refractivity contribution is 5.98. The summed E-state index contributed by atoms with van der Waals surface area (Å²) in [6.07, 6.45) is 0.499. The van der Waals surface area contributed by atoms with Gasteiger partial charge in [-0.3, -0.25) is 9.59 Å². The summed E-state index contributed by atoms with van der Waals surface area (Å²) in [7, 11) is 0. The predicted octanol–water partition coefficient (Wildman–Crippen LogP) is 4.99. The van der Waals surface area contributed by atoms with Gasteiger partial charge in [0.25, 0.3) is 5.91 Å². The van der Waals surface area contributed by atoms with Crippen LogP contribution in [-0.2, 0) is 4.79 Å². The molecule has 162 valence electrons. The van der Waals surface area contributed by atoms with Crippen molar-refractivity contribution in [1.82, 2.24) is 4.90 Å². The minimum Gasteiger partial charge on any atom is -0.451 e. The van der Waals surface area contributed by atoms with Gasteiger partial charge in [-0.25, -0.2) is 17.6 Å². The maximum absolute atomic E-state index is 13.9. The molecule has 1 aromatic heterocycles. The van der Waals surface area contributed by atoms with Gasteiger partial charge in [0.15, 0.2) is 23.2 Å². The van der Waals surface area contributed by atoms with Gasteiger partial charge in [-0.1, -0.05) is 19.1 Å². The van der Waals surface area contributed by atoms with Crippen LogP contribution in [0.15, 0.2) is 52.9 Å². The first kappa shape index (κ1) is 22.1. The van der Waals surface area contributed by atoms with Gasteiger partial charge in [0.1, 0.15) is 18.1 Å². The number of carbonyl (C=O) groups excluding carboxylic acids is 2. The summed E-state index contributed by atoms with van der Waals surface area (Å²) in [4.78, 5) is 26.2. The molecule has 0 radical (unpaired) electrons. The highest BCUT2D eigenvalue weighted by atomic mass is 19.2. The van der Waals surface area contributed by atoms with E-state index in [0.717, 1.165) is 11.0 Å². The number of furan rings is 1. The molecule has 1 N–H and O–H groups in total. The average molecular weight is 434 g/mol. The minimum atomic E-state index is -1.71. The molecule has 3 rings (SSSR count). The van der Waals surface area contributed by atoms with Crippen molar-refractivity contribution >= 4 is 17.5 Å². The van der Waals surface area contributed by atoms with Crippen LogP contribution in [-0.4, -0.2) is 29.8 Å². The fourth-order valence-electron chi connectivity index (χ4n) is 2.92. The SMILES string of the molecule is CCCN(CC(=O)Nc1ccc(F)c(F)c1F)C(=O)c1ccc(-c2ccccc2F)o1. The molecule has 1 heterocycles. The standard InChI is InChI=1S/C22H18F4N2O3/c1-2-11-28(12-19(29)27-16-8-7-15(24)20(25)21(16)26)22(30)18-10-9-17(31-18)13-5-3-4-6-14(13)23/h3-10H,2,11-12H2,1H3,(H,27,29). The largest absolute Gasteiger partial charge is 0.451 e. The maximum atomic E-state index is 13.9. The number of halogens is 4. The summed E-state index contributed by atoms with van der Waals surface area (Å²) in [6, 6.07) is 10.2. The van der Waals surface area contributed by atoms with E-state index in [0.29, 0.717) is 12.5 Å². The zero-order valence-corrected chi connectivity index (χ0v) is 16.4. The Labute approximate surface area is 175 Å². The molecule has 0 fully saturated rings. The van der Waals surface area contributed by atoms with Gasteiger partial charge in [-0.2, -0.15) is 0 Å². The average Bonchev–Trinajstić information content (AvgIpc) is 3.23. The molecule has 0 atom stereocenters. The van der Waals surface area contributed by atoms with Gasteiger partial charge in [0, 0.05) is 6.54 Å². The van der Waals surface area contributed by atoms with Crippen molar-refractivity contribution in [3.05, 3.63) is 77.6 Å². The van der Waals surface area contributed by atoms with Crippen LogP contribution in [0.5, 0.6) is 0 Å². The Morgan fingerprint density at radius 3 is 2.39 bits per heavy atom. The Morgan fingerprint density at radius 2 is 1.68 bits per heavy atom. The topological polar surface area (TPSA) is 62.6 Å². The van der Waals surface area contributed by atoms with E-state index in [4.69, 9.17) is 4.42 Å². The molecule has 31 heavy (non-hydrogen) atoms. The lowest BCUT2D eigenvalue weighted by Crippen LogP contribution is -2.38. The number of nitrogens with one attached hydrogen (secondary N) is 1. The van der Waals surface area contributed by atoms with E-state index in [9.17, 15) is 27.2 Å². The van der Waals surface area contributed by atoms with E-state index in [1.807, 2.05) is 0 Å². The lowest BCUT2D eigenvalue weighted by molar-refractivity contribution is -0.116. The number of benzene rings is 2. The number of anilines is 1. The molecular formula is C22H18F4N2O3. The van der Waals surface area contributed by atoms with Crippen molar-refractivity contribution < 1.29 is 31.6 Å². The summed E-state index contributed by atoms with van der Waals surface area (Å²) >= 11 is 0. The minimum absolute atomic E-state index is 0.112. The number of nitrogens with zero attached hydrogens (tertiary/aromatic N) is 1. The monoisotopic (exact) mass is 434 g/mol. The molecular weight excluding hydrogens is 416 g/mol. The molecule has 5 nitrogen and oxygen atoms in total. The summed E-state index contributed by atoms with van der Waals surface area (Å²) in [6.45, 7) is 1.46. The fourth-order valence-corrected chi connectivity index (χ4v) is 2.92. The van der Waals surface area contributed by atoms with E-state index in [1.54, 1.807) is 13.0 Å². The van der Waals surface area contributed by atoms with Crippen molar-refractivity contribution in [3.8, 4) is 11.3 Å². The first-order valence-corrected chi connectivity index (χ1v) is 9.39. The van der Waals surface area contributed by atoms with Gasteiger partial charge in [0.2, 0.25) is 5.91 Å². The van der Waals surface area contributed by atoms with Gasteiger partial charge >= 0.3 is 0 Å². The molecule has 0 saturated heterocycles. The lowest BCUT2D eigenvalue weighted by atomic mass is 10.1. The highest BCUT2D eigenvalue weighted by Crippen LogP contribution is 2.25. The normalized spacial score (nSPS) is 10.7. The molecule has 2 aromatic carbocycles.